The molecule has 0 spiro atoms. The quantitative estimate of drug-likeness (QED) is 0.778. The second-order valence-electron chi connectivity index (χ2n) is 4.15. The van der Waals surface area contributed by atoms with Crippen molar-refractivity contribution in [2.45, 2.75) is 26.3 Å². The van der Waals surface area contributed by atoms with E-state index in [1.807, 2.05) is 24.1 Å². The Morgan fingerprint density at radius 2 is 2.22 bits per heavy atom. The Labute approximate surface area is 112 Å². The molecule has 0 fully saturated rings. The molecule has 0 aromatic carbocycles. The molecule has 4 nitrogen and oxygen atoms in total. The number of halogens is 1. The van der Waals surface area contributed by atoms with Crippen LogP contribution < -0.4 is 4.90 Å². The van der Waals surface area contributed by atoms with E-state index in [0.29, 0.717) is 11.7 Å². The van der Waals surface area contributed by atoms with E-state index >= 15 is 0 Å². The first kappa shape index (κ1) is 12.9. The first-order valence-corrected chi connectivity index (χ1v) is 6.34. The fourth-order valence-electron chi connectivity index (χ4n) is 1.70. The fraction of sp³-hybridized carbons (Fsp3) is 0.385. The SMILES string of the molecule is CCCc1nc(Cl)cc(N(C)Cc2ccco2)n1. The van der Waals surface area contributed by atoms with Gasteiger partial charge in [0.15, 0.2) is 0 Å². The van der Waals surface area contributed by atoms with Gasteiger partial charge in [0.1, 0.15) is 22.6 Å². The highest BCUT2D eigenvalue weighted by Gasteiger charge is 2.09. The maximum absolute atomic E-state index is 6.01. The van der Waals surface area contributed by atoms with Crippen molar-refractivity contribution < 1.29 is 4.42 Å². The Hall–Kier alpha value is -1.55. The van der Waals surface area contributed by atoms with E-state index in [0.717, 1.165) is 30.2 Å². The summed E-state index contributed by atoms with van der Waals surface area (Å²) >= 11 is 6.01. The number of aromatic nitrogens is 2. The van der Waals surface area contributed by atoms with Gasteiger partial charge in [-0.3, -0.25) is 0 Å². The molecule has 0 bridgehead atoms. The number of furan rings is 1. The van der Waals surface area contributed by atoms with E-state index in [4.69, 9.17) is 16.0 Å². The van der Waals surface area contributed by atoms with Crippen molar-refractivity contribution in [1.29, 1.82) is 0 Å². The van der Waals surface area contributed by atoms with Crippen molar-refractivity contribution in [3.05, 3.63) is 41.2 Å². The Kier molecular flexibility index (Phi) is 4.20. The van der Waals surface area contributed by atoms with Crippen molar-refractivity contribution in [3.63, 3.8) is 0 Å². The zero-order valence-corrected chi connectivity index (χ0v) is 11.3. The summed E-state index contributed by atoms with van der Waals surface area (Å²) in [6, 6.07) is 5.58. The minimum Gasteiger partial charge on any atom is -0.467 e. The van der Waals surface area contributed by atoms with Crippen LogP contribution in [0, 0.1) is 0 Å². The maximum Gasteiger partial charge on any atom is 0.134 e. The Morgan fingerprint density at radius 3 is 2.89 bits per heavy atom. The highest BCUT2D eigenvalue weighted by Crippen LogP contribution is 2.17. The summed E-state index contributed by atoms with van der Waals surface area (Å²) in [5, 5.41) is 0.481. The molecular formula is C13H16ClN3O. The van der Waals surface area contributed by atoms with Crippen LogP contribution in [0.25, 0.3) is 0 Å². The molecule has 2 aromatic rings. The van der Waals surface area contributed by atoms with E-state index in [1.165, 1.54) is 0 Å². The van der Waals surface area contributed by atoms with Crippen LogP contribution in [0.2, 0.25) is 5.15 Å². The highest BCUT2D eigenvalue weighted by molar-refractivity contribution is 6.29. The molecule has 0 aliphatic carbocycles. The third-order valence-corrected chi connectivity index (χ3v) is 2.76. The van der Waals surface area contributed by atoms with Crippen LogP contribution in [0.1, 0.15) is 24.9 Å². The molecule has 2 rings (SSSR count). The predicted molar refractivity (Wildman–Crippen MR) is 71.9 cm³/mol. The first-order chi connectivity index (χ1) is 8.69. The molecule has 96 valence electrons. The van der Waals surface area contributed by atoms with Crippen molar-refractivity contribution >= 4 is 17.4 Å². The van der Waals surface area contributed by atoms with Gasteiger partial charge >= 0.3 is 0 Å². The van der Waals surface area contributed by atoms with Crippen molar-refractivity contribution in [2.75, 3.05) is 11.9 Å². The van der Waals surface area contributed by atoms with Gasteiger partial charge in [-0.25, -0.2) is 9.97 Å². The maximum atomic E-state index is 6.01. The van der Waals surface area contributed by atoms with Crippen molar-refractivity contribution in [2.24, 2.45) is 0 Å². The molecule has 18 heavy (non-hydrogen) atoms. The van der Waals surface area contributed by atoms with E-state index in [9.17, 15) is 0 Å². The molecule has 0 N–H and O–H groups in total. The van der Waals surface area contributed by atoms with E-state index in [1.54, 1.807) is 12.3 Å². The van der Waals surface area contributed by atoms with Crippen LogP contribution in [-0.4, -0.2) is 17.0 Å². The summed E-state index contributed by atoms with van der Waals surface area (Å²) in [6.07, 6.45) is 3.50. The van der Waals surface area contributed by atoms with E-state index in [-0.39, 0.29) is 0 Å². The lowest BCUT2D eigenvalue weighted by molar-refractivity contribution is 0.506. The molecule has 0 saturated heterocycles. The van der Waals surface area contributed by atoms with Crippen LogP contribution in [0.3, 0.4) is 0 Å². The molecule has 2 heterocycles. The van der Waals surface area contributed by atoms with Crippen LogP contribution in [-0.2, 0) is 13.0 Å². The number of anilines is 1. The van der Waals surface area contributed by atoms with Crippen LogP contribution in [0.5, 0.6) is 0 Å². The lowest BCUT2D eigenvalue weighted by Crippen LogP contribution is -2.18. The molecule has 0 saturated carbocycles. The number of hydrogen-bond donors (Lipinski definition) is 0. The molecule has 0 amide bonds. The highest BCUT2D eigenvalue weighted by atomic mass is 35.5. The summed E-state index contributed by atoms with van der Waals surface area (Å²) < 4.78 is 5.32. The zero-order chi connectivity index (χ0) is 13.0. The molecule has 0 atom stereocenters. The standard InChI is InChI=1S/C13H16ClN3O/c1-3-5-12-15-11(14)8-13(16-12)17(2)9-10-6-4-7-18-10/h4,6-8H,3,5,9H2,1-2H3. The first-order valence-electron chi connectivity index (χ1n) is 5.96. The minimum absolute atomic E-state index is 0.481. The Balaban J connectivity index is 2.16. The molecule has 0 aliphatic heterocycles. The summed E-state index contributed by atoms with van der Waals surface area (Å²) in [4.78, 5) is 10.7. The Morgan fingerprint density at radius 1 is 1.39 bits per heavy atom. The van der Waals surface area contributed by atoms with Crippen LogP contribution in [0.4, 0.5) is 5.82 Å². The monoisotopic (exact) mass is 265 g/mol. The molecule has 0 unspecified atom stereocenters. The number of rotatable bonds is 5. The van der Waals surface area contributed by atoms with Gasteiger partial charge in [-0.2, -0.15) is 0 Å². The third kappa shape index (κ3) is 3.23. The summed E-state index contributed by atoms with van der Waals surface area (Å²) in [5.41, 5.74) is 0. The van der Waals surface area contributed by atoms with Gasteiger partial charge < -0.3 is 9.32 Å². The summed E-state index contributed by atoms with van der Waals surface area (Å²) in [6.45, 7) is 2.75. The number of nitrogens with zero attached hydrogens (tertiary/aromatic N) is 3. The van der Waals surface area contributed by atoms with Crippen molar-refractivity contribution in [3.8, 4) is 0 Å². The molecular weight excluding hydrogens is 250 g/mol. The molecule has 5 heteroatoms. The van der Waals surface area contributed by atoms with Crippen LogP contribution >= 0.6 is 11.6 Å². The number of aryl methyl sites for hydroxylation is 1. The molecule has 0 aliphatic rings. The summed E-state index contributed by atoms with van der Waals surface area (Å²) in [7, 11) is 1.96. The van der Waals surface area contributed by atoms with Crippen molar-refractivity contribution in [1.82, 2.24) is 9.97 Å². The van der Waals surface area contributed by atoms with Gasteiger partial charge in [-0.15, -0.1) is 0 Å². The van der Waals surface area contributed by atoms with Gasteiger partial charge in [-0.1, -0.05) is 18.5 Å². The van der Waals surface area contributed by atoms with Gasteiger partial charge in [0.05, 0.1) is 12.8 Å². The predicted octanol–water partition coefficient (Wildman–Crippen LogP) is 3.31. The second-order valence-corrected chi connectivity index (χ2v) is 4.54. The average Bonchev–Trinajstić information content (AvgIpc) is 2.81. The average molecular weight is 266 g/mol. The lowest BCUT2D eigenvalue weighted by Gasteiger charge is -2.17. The van der Waals surface area contributed by atoms with Gasteiger partial charge in [0, 0.05) is 19.5 Å². The smallest absolute Gasteiger partial charge is 0.134 e. The lowest BCUT2D eigenvalue weighted by atomic mass is 10.3. The van der Waals surface area contributed by atoms with Gasteiger partial charge in [0.25, 0.3) is 0 Å². The molecule has 2 aromatic heterocycles. The van der Waals surface area contributed by atoms with E-state index < -0.39 is 0 Å². The van der Waals surface area contributed by atoms with Crippen LogP contribution in [0.15, 0.2) is 28.9 Å². The molecule has 0 radical (unpaired) electrons. The Bertz CT molecular complexity index is 499. The largest absolute Gasteiger partial charge is 0.467 e. The fourth-order valence-corrected chi connectivity index (χ4v) is 1.90. The third-order valence-electron chi connectivity index (χ3n) is 2.57. The minimum atomic E-state index is 0.481. The summed E-state index contributed by atoms with van der Waals surface area (Å²) in [5.74, 6) is 2.49. The zero-order valence-electron chi connectivity index (χ0n) is 10.6. The topological polar surface area (TPSA) is 42.2 Å². The van der Waals surface area contributed by atoms with Gasteiger partial charge in [-0.05, 0) is 18.6 Å². The second kappa shape index (κ2) is 5.87. The van der Waals surface area contributed by atoms with Gasteiger partial charge in [0.2, 0.25) is 0 Å². The number of hydrogen-bond acceptors (Lipinski definition) is 4. The van der Waals surface area contributed by atoms with E-state index in [2.05, 4.69) is 16.9 Å². The normalized spacial score (nSPS) is 10.6.